The molecular formula is C30H54O3. The lowest BCUT2D eigenvalue weighted by atomic mass is 9.35. The molecule has 192 valence electrons. The highest BCUT2D eigenvalue weighted by Gasteiger charge is 2.69. The van der Waals surface area contributed by atoms with Gasteiger partial charge in [-0.05, 0) is 122 Å². The van der Waals surface area contributed by atoms with E-state index in [1.165, 1.54) is 32.1 Å². The van der Waals surface area contributed by atoms with Gasteiger partial charge in [-0.1, -0.05) is 48.5 Å². The van der Waals surface area contributed by atoms with Crippen LogP contribution < -0.4 is 0 Å². The molecule has 0 amide bonds. The highest BCUT2D eigenvalue weighted by atomic mass is 16.3. The first-order chi connectivity index (χ1) is 15.1. The largest absolute Gasteiger partial charge is 0.393 e. The molecule has 0 radical (unpaired) electrons. The van der Waals surface area contributed by atoms with Crippen molar-refractivity contribution in [1.29, 1.82) is 0 Å². The van der Waals surface area contributed by atoms with E-state index < -0.39 is 5.60 Å². The molecule has 3 nitrogen and oxygen atoms in total. The molecule has 0 aliphatic heterocycles. The fourth-order valence-electron chi connectivity index (χ4n) is 10.4. The molecule has 4 saturated carbocycles. The number of aliphatic hydroxyl groups is 3. The van der Waals surface area contributed by atoms with Crippen LogP contribution in [0.1, 0.15) is 120 Å². The van der Waals surface area contributed by atoms with Crippen LogP contribution >= 0.6 is 0 Å². The second-order valence-corrected chi connectivity index (χ2v) is 14.9. The van der Waals surface area contributed by atoms with Crippen LogP contribution in [0.25, 0.3) is 0 Å². The van der Waals surface area contributed by atoms with Gasteiger partial charge in [0.05, 0.1) is 17.8 Å². The molecule has 0 bridgehead atoms. The number of hydrogen-bond donors (Lipinski definition) is 3. The van der Waals surface area contributed by atoms with E-state index in [1.807, 2.05) is 0 Å². The molecule has 3 heteroatoms. The lowest BCUT2D eigenvalue weighted by molar-refractivity contribution is -0.225. The zero-order valence-electron chi connectivity index (χ0n) is 23.0. The van der Waals surface area contributed by atoms with Gasteiger partial charge in [-0.25, -0.2) is 0 Å². The average Bonchev–Trinajstić information content (AvgIpc) is 3.08. The molecule has 3 N–H and O–H groups in total. The van der Waals surface area contributed by atoms with Crippen molar-refractivity contribution in [2.24, 2.45) is 51.2 Å². The van der Waals surface area contributed by atoms with Gasteiger partial charge in [-0.2, -0.15) is 0 Å². The number of rotatable bonds is 5. The van der Waals surface area contributed by atoms with Crippen molar-refractivity contribution in [1.82, 2.24) is 0 Å². The van der Waals surface area contributed by atoms with Crippen molar-refractivity contribution in [3.63, 3.8) is 0 Å². The molecular weight excluding hydrogens is 408 g/mol. The third-order valence-corrected chi connectivity index (χ3v) is 12.9. The fraction of sp³-hybridized carbons (Fsp3) is 1.00. The summed E-state index contributed by atoms with van der Waals surface area (Å²) >= 11 is 0. The van der Waals surface area contributed by atoms with Gasteiger partial charge < -0.3 is 15.3 Å². The minimum atomic E-state index is -0.695. The second kappa shape index (κ2) is 8.20. The van der Waals surface area contributed by atoms with Gasteiger partial charge in [0.1, 0.15) is 0 Å². The fourth-order valence-corrected chi connectivity index (χ4v) is 10.4. The maximum atomic E-state index is 11.7. The summed E-state index contributed by atoms with van der Waals surface area (Å²) in [5.74, 6) is 2.48. The van der Waals surface area contributed by atoms with Crippen LogP contribution in [0.4, 0.5) is 0 Å². The minimum Gasteiger partial charge on any atom is -0.393 e. The Bertz CT molecular complexity index is 728. The summed E-state index contributed by atoms with van der Waals surface area (Å²) in [5, 5.41) is 32.9. The monoisotopic (exact) mass is 462 g/mol. The second-order valence-electron chi connectivity index (χ2n) is 14.9. The van der Waals surface area contributed by atoms with E-state index in [1.54, 1.807) is 0 Å². The molecule has 33 heavy (non-hydrogen) atoms. The van der Waals surface area contributed by atoms with Crippen molar-refractivity contribution in [3.8, 4) is 0 Å². The van der Waals surface area contributed by atoms with E-state index in [0.29, 0.717) is 47.3 Å². The van der Waals surface area contributed by atoms with Gasteiger partial charge in [0.15, 0.2) is 0 Å². The SMILES string of the molecule is CC(C)C(O)CCC(C)(O)C1CCC2(C)C1CCC1C3(C)CCC(O)C(C)(C)C3CCC12C. The molecule has 4 rings (SSSR count). The Morgan fingerprint density at radius 3 is 2.12 bits per heavy atom. The van der Waals surface area contributed by atoms with Crippen molar-refractivity contribution in [2.45, 2.75) is 137 Å². The van der Waals surface area contributed by atoms with Crippen molar-refractivity contribution in [2.75, 3.05) is 0 Å². The molecule has 0 saturated heterocycles. The average molecular weight is 463 g/mol. The molecule has 0 aromatic carbocycles. The summed E-state index contributed by atoms with van der Waals surface area (Å²) in [6.07, 6.45) is 10.4. The molecule has 10 unspecified atom stereocenters. The molecule has 4 fully saturated rings. The Hall–Kier alpha value is -0.120. The first-order valence-electron chi connectivity index (χ1n) is 14.2. The van der Waals surface area contributed by atoms with E-state index in [9.17, 15) is 15.3 Å². The maximum absolute atomic E-state index is 11.7. The van der Waals surface area contributed by atoms with Gasteiger partial charge in [-0.15, -0.1) is 0 Å². The van der Waals surface area contributed by atoms with Crippen LogP contribution in [0.3, 0.4) is 0 Å². The smallest absolute Gasteiger partial charge is 0.0651 e. The Morgan fingerprint density at radius 1 is 0.848 bits per heavy atom. The lowest BCUT2D eigenvalue weighted by Crippen LogP contribution is -2.64. The van der Waals surface area contributed by atoms with Crippen LogP contribution in [0.5, 0.6) is 0 Å². The molecule has 0 spiro atoms. The van der Waals surface area contributed by atoms with E-state index in [0.717, 1.165) is 19.3 Å². The zero-order valence-corrected chi connectivity index (χ0v) is 23.0. The van der Waals surface area contributed by atoms with Crippen molar-refractivity contribution < 1.29 is 15.3 Å². The van der Waals surface area contributed by atoms with E-state index in [2.05, 4.69) is 55.4 Å². The van der Waals surface area contributed by atoms with Gasteiger partial charge in [-0.3, -0.25) is 0 Å². The zero-order chi connectivity index (χ0) is 24.6. The Balaban J connectivity index is 1.59. The molecule has 4 aliphatic rings. The molecule has 0 aromatic heterocycles. The summed E-state index contributed by atoms with van der Waals surface area (Å²) < 4.78 is 0. The maximum Gasteiger partial charge on any atom is 0.0651 e. The van der Waals surface area contributed by atoms with Crippen LogP contribution in [0, 0.1) is 51.2 Å². The number of aliphatic hydroxyl groups excluding tert-OH is 2. The van der Waals surface area contributed by atoms with Crippen molar-refractivity contribution in [3.05, 3.63) is 0 Å². The van der Waals surface area contributed by atoms with Gasteiger partial charge >= 0.3 is 0 Å². The summed E-state index contributed by atoms with van der Waals surface area (Å²) in [7, 11) is 0. The summed E-state index contributed by atoms with van der Waals surface area (Å²) in [5.41, 5.74) is 0.202. The predicted octanol–water partition coefficient (Wildman–Crippen LogP) is 6.58. The lowest BCUT2D eigenvalue weighted by Gasteiger charge is -2.70. The topological polar surface area (TPSA) is 60.7 Å². The molecule has 0 heterocycles. The summed E-state index contributed by atoms with van der Waals surface area (Å²) in [6, 6.07) is 0. The molecule has 10 atom stereocenters. The third-order valence-electron chi connectivity index (χ3n) is 12.9. The van der Waals surface area contributed by atoms with Crippen LogP contribution in [0.15, 0.2) is 0 Å². The Labute approximate surface area is 204 Å². The normalized spacial score (nSPS) is 49.6. The Kier molecular flexibility index (Phi) is 6.45. The van der Waals surface area contributed by atoms with E-state index in [4.69, 9.17) is 0 Å². The predicted molar refractivity (Wildman–Crippen MR) is 136 cm³/mol. The molecule has 0 aromatic rings. The first-order valence-corrected chi connectivity index (χ1v) is 14.2. The standard InChI is InChI=1S/C30H54O3/c1-19(2)22(31)12-18-30(8,33)21-11-16-28(6)20(21)9-10-24-27(5)15-14-25(32)26(3,4)23(27)13-17-29(24,28)7/h19-25,31-33H,9-18H2,1-8H3. The minimum absolute atomic E-state index is 0.00517. The van der Waals surface area contributed by atoms with Crippen LogP contribution in [-0.4, -0.2) is 33.1 Å². The highest BCUT2D eigenvalue weighted by Crippen LogP contribution is 2.75. The van der Waals surface area contributed by atoms with Gasteiger partial charge in [0.25, 0.3) is 0 Å². The molecule has 4 aliphatic carbocycles. The first kappa shape index (κ1) is 26.0. The Morgan fingerprint density at radius 2 is 1.48 bits per heavy atom. The van der Waals surface area contributed by atoms with Gasteiger partial charge in [0, 0.05) is 0 Å². The van der Waals surface area contributed by atoms with E-state index in [-0.39, 0.29) is 29.0 Å². The van der Waals surface area contributed by atoms with E-state index >= 15 is 0 Å². The number of fused-ring (bicyclic) bond motifs is 5. The number of hydrogen-bond acceptors (Lipinski definition) is 3. The summed E-state index contributed by atoms with van der Waals surface area (Å²) in [4.78, 5) is 0. The highest BCUT2D eigenvalue weighted by molar-refractivity contribution is 5.18. The van der Waals surface area contributed by atoms with Gasteiger partial charge in [0.2, 0.25) is 0 Å². The van der Waals surface area contributed by atoms with Crippen LogP contribution in [0.2, 0.25) is 0 Å². The summed E-state index contributed by atoms with van der Waals surface area (Å²) in [6.45, 7) is 18.6. The van der Waals surface area contributed by atoms with Crippen molar-refractivity contribution >= 4 is 0 Å². The van der Waals surface area contributed by atoms with Crippen LogP contribution in [-0.2, 0) is 0 Å². The quantitative estimate of drug-likeness (QED) is 0.432. The third kappa shape index (κ3) is 3.69.